The van der Waals surface area contributed by atoms with E-state index in [1.165, 1.54) is 12.8 Å². The zero-order chi connectivity index (χ0) is 24.2. The third-order valence-corrected chi connectivity index (χ3v) is 6.26. The first-order valence-corrected chi connectivity index (χ1v) is 11.9. The molecular formula is C28H27N3O4. The maximum absolute atomic E-state index is 12.6. The van der Waals surface area contributed by atoms with Gasteiger partial charge in [0.05, 0.1) is 0 Å². The van der Waals surface area contributed by atoms with Crippen LogP contribution >= 0.6 is 0 Å². The van der Waals surface area contributed by atoms with Crippen LogP contribution in [0.25, 0.3) is 0 Å². The van der Waals surface area contributed by atoms with Gasteiger partial charge in [-0.25, -0.2) is 4.79 Å². The van der Waals surface area contributed by atoms with E-state index < -0.39 is 0 Å². The normalized spacial score (nSPS) is 18.3. The lowest BCUT2D eigenvalue weighted by Crippen LogP contribution is -2.27. The van der Waals surface area contributed by atoms with E-state index in [4.69, 9.17) is 4.74 Å². The highest BCUT2D eigenvalue weighted by molar-refractivity contribution is 6.06. The van der Waals surface area contributed by atoms with Crippen molar-refractivity contribution in [3.63, 3.8) is 0 Å². The molecule has 2 fully saturated rings. The molecule has 3 amide bonds. The first kappa shape index (κ1) is 22.7. The van der Waals surface area contributed by atoms with Gasteiger partial charge in [-0.2, -0.15) is 0 Å². The second-order valence-corrected chi connectivity index (χ2v) is 9.08. The van der Waals surface area contributed by atoms with Gasteiger partial charge in [0, 0.05) is 35.0 Å². The van der Waals surface area contributed by atoms with Crippen molar-refractivity contribution >= 4 is 29.3 Å². The summed E-state index contributed by atoms with van der Waals surface area (Å²) in [7, 11) is 0. The van der Waals surface area contributed by atoms with E-state index in [0.717, 1.165) is 12.0 Å². The minimum Gasteiger partial charge on any atom is -0.446 e. The van der Waals surface area contributed by atoms with Crippen LogP contribution in [0.4, 0.5) is 16.2 Å². The van der Waals surface area contributed by atoms with Crippen LogP contribution in [0, 0.1) is 5.92 Å². The molecule has 2 aliphatic carbocycles. The van der Waals surface area contributed by atoms with Gasteiger partial charge in [-0.3, -0.25) is 9.59 Å². The van der Waals surface area contributed by atoms with Crippen molar-refractivity contribution < 1.29 is 19.1 Å². The van der Waals surface area contributed by atoms with E-state index in [0.29, 0.717) is 35.0 Å². The highest BCUT2D eigenvalue weighted by Gasteiger charge is 2.42. The molecule has 5 rings (SSSR count). The van der Waals surface area contributed by atoms with E-state index in [-0.39, 0.29) is 29.9 Å². The Morgan fingerprint density at radius 1 is 0.743 bits per heavy atom. The van der Waals surface area contributed by atoms with Crippen LogP contribution in [0.1, 0.15) is 51.5 Å². The van der Waals surface area contributed by atoms with E-state index in [2.05, 4.69) is 16.0 Å². The fourth-order valence-electron chi connectivity index (χ4n) is 3.90. The molecule has 0 aliphatic heterocycles. The van der Waals surface area contributed by atoms with Crippen LogP contribution in [0.2, 0.25) is 0 Å². The number of carbonyl (C=O) groups is 3. The Hall–Kier alpha value is -4.13. The van der Waals surface area contributed by atoms with E-state index in [1.54, 1.807) is 48.5 Å². The third kappa shape index (κ3) is 6.06. The molecule has 0 spiro atoms. The zero-order valence-electron chi connectivity index (χ0n) is 19.2. The molecule has 3 aromatic rings. The lowest BCUT2D eigenvalue weighted by Gasteiger charge is -2.09. The fraction of sp³-hybridized carbons (Fsp3) is 0.250. The maximum atomic E-state index is 12.6. The largest absolute Gasteiger partial charge is 0.446 e. The van der Waals surface area contributed by atoms with Crippen molar-refractivity contribution in [1.29, 1.82) is 0 Å². The summed E-state index contributed by atoms with van der Waals surface area (Å²) in [5.74, 6) is 0.382. The molecule has 35 heavy (non-hydrogen) atoms. The van der Waals surface area contributed by atoms with Crippen LogP contribution < -0.4 is 16.0 Å². The number of ether oxygens (including phenoxy) is 1. The van der Waals surface area contributed by atoms with E-state index in [9.17, 15) is 14.4 Å². The van der Waals surface area contributed by atoms with Crippen LogP contribution in [-0.4, -0.2) is 30.6 Å². The van der Waals surface area contributed by atoms with E-state index in [1.807, 2.05) is 30.3 Å². The predicted molar refractivity (Wildman–Crippen MR) is 134 cm³/mol. The molecule has 3 N–H and O–H groups in total. The Kier molecular flexibility index (Phi) is 6.48. The van der Waals surface area contributed by atoms with Gasteiger partial charge in [0.2, 0.25) is 0 Å². The summed E-state index contributed by atoms with van der Waals surface area (Å²) in [6, 6.07) is 23.3. The predicted octanol–water partition coefficient (Wildman–Crippen LogP) is 5.18. The lowest BCUT2D eigenvalue weighted by atomic mass is 10.1. The summed E-state index contributed by atoms with van der Waals surface area (Å²) >= 11 is 0. The molecule has 0 heterocycles. The van der Waals surface area contributed by atoms with Crippen LogP contribution in [0.3, 0.4) is 0 Å². The molecule has 178 valence electrons. The smallest absolute Gasteiger partial charge is 0.407 e. The van der Waals surface area contributed by atoms with Gasteiger partial charge in [-0.1, -0.05) is 30.3 Å². The van der Waals surface area contributed by atoms with Gasteiger partial charge in [-0.05, 0) is 79.3 Å². The second kappa shape index (κ2) is 10.0. The first-order valence-electron chi connectivity index (χ1n) is 11.9. The second-order valence-electron chi connectivity index (χ2n) is 9.08. The van der Waals surface area contributed by atoms with Crippen LogP contribution in [0.15, 0.2) is 78.9 Å². The van der Waals surface area contributed by atoms with Gasteiger partial charge < -0.3 is 20.7 Å². The molecule has 0 radical (unpaired) electrons. The zero-order valence-corrected chi connectivity index (χ0v) is 19.2. The Bertz CT molecular complexity index is 1210. The molecule has 0 bridgehead atoms. The topological polar surface area (TPSA) is 96.5 Å². The minimum atomic E-state index is -0.334. The summed E-state index contributed by atoms with van der Waals surface area (Å²) in [4.78, 5) is 36.7. The first-order chi connectivity index (χ1) is 17.0. The van der Waals surface area contributed by atoms with Crippen molar-refractivity contribution in [2.24, 2.45) is 5.92 Å². The standard InChI is InChI=1S/C28H27N3O4/c32-26(20-4-2-1-3-5-20)30-23-14-10-21(11-15-23)27(33)31-22-12-8-19(9-13-22)24-16-25(24)35-28(34)29-17-18-6-7-18/h1-5,8-15,18,24-25H,6-7,16-17H2,(H,29,34)(H,30,32)(H,31,33)/t24-,25+/m0/s1. The molecule has 7 nitrogen and oxygen atoms in total. The average Bonchev–Trinajstić information content (AvgIpc) is 3.81. The molecule has 0 saturated heterocycles. The molecule has 7 heteroatoms. The number of hydrogen-bond donors (Lipinski definition) is 3. The molecule has 2 aliphatic rings. The molecular weight excluding hydrogens is 442 g/mol. The monoisotopic (exact) mass is 469 g/mol. The van der Waals surface area contributed by atoms with Crippen molar-refractivity contribution in [3.05, 3.63) is 95.6 Å². The Morgan fingerprint density at radius 2 is 1.31 bits per heavy atom. The number of carbonyl (C=O) groups excluding carboxylic acids is 3. The number of amides is 3. The van der Waals surface area contributed by atoms with Crippen LogP contribution in [-0.2, 0) is 4.74 Å². The highest BCUT2D eigenvalue weighted by Crippen LogP contribution is 2.43. The van der Waals surface area contributed by atoms with Gasteiger partial charge in [0.1, 0.15) is 6.10 Å². The molecule has 3 aromatic carbocycles. The molecule has 0 unspecified atom stereocenters. The van der Waals surface area contributed by atoms with Crippen molar-refractivity contribution in [3.8, 4) is 0 Å². The van der Waals surface area contributed by atoms with Crippen molar-refractivity contribution in [2.45, 2.75) is 31.3 Å². The number of rotatable bonds is 8. The summed E-state index contributed by atoms with van der Waals surface area (Å²) in [6.45, 7) is 0.704. The van der Waals surface area contributed by atoms with Gasteiger partial charge >= 0.3 is 6.09 Å². The van der Waals surface area contributed by atoms with Gasteiger partial charge in [-0.15, -0.1) is 0 Å². The van der Waals surface area contributed by atoms with Crippen molar-refractivity contribution in [1.82, 2.24) is 5.32 Å². The van der Waals surface area contributed by atoms with Gasteiger partial charge in [0.25, 0.3) is 11.8 Å². The summed E-state index contributed by atoms with van der Waals surface area (Å²) < 4.78 is 5.47. The Labute approximate surface area is 203 Å². The third-order valence-electron chi connectivity index (χ3n) is 6.26. The average molecular weight is 470 g/mol. The lowest BCUT2D eigenvalue weighted by molar-refractivity contribution is 0.102. The summed E-state index contributed by atoms with van der Waals surface area (Å²) in [5.41, 5.74) is 3.43. The Morgan fingerprint density at radius 3 is 1.91 bits per heavy atom. The minimum absolute atomic E-state index is 0.0875. The summed E-state index contributed by atoms with van der Waals surface area (Å²) in [5, 5.41) is 8.53. The number of nitrogens with one attached hydrogen (secondary N) is 3. The van der Waals surface area contributed by atoms with Crippen LogP contribution in [0.5, 0.6) is 0 Å². The quantitative estimate of drug-likeness (QED) is 0.423. The van der Waals surface area contributed by atoms with E-state index >= 15 is 0 Å². The number of alkyl carbamates (subject to hydrolysis) is 1. The Balaban J connectivity index is 1.10. The number of benzene rings is 3. The maximum Gasteiger partial charge on any atom is 0.407 e. The molecule has 2 atom stereocenters. The molecule has 2 saturated carbocycles. The SMILES string of the molecule is O=C(NCC1CC1)O[C@@H]1C[C@H]1c1ccc(NC(=O)c2ccc(NC(=O)c3ccccc3)cc2)cc1. The molecule has 0 aromatic heterocycles. The van der Waals surface area contributed by atoms with Crippen molar-refractivity contribution in [2.75, 3.05) is 17.2 Å². The van der Waals surface area contributed by atoms with Gasteiger partial charge in [0.15, 0.2) is 0 Å². The summed E-state index contributed by atoms with van der Waals surface area (Å²) in [6.07, 6.45) is 2.77. The number of hydrogen-bond acceptors (Lipinski definition) is 4. The fourth-order valence-corrected chi connectivity index (χ4v) is 3.90. The highest BCUT2D eigenvalue weighted by atomic mass is 16.6. The number of anilines is 2.